The zero-order chi connectivity index (χ0) is 10.8. The summed E-state index contributed by atoms with van der Waals surface area (Å²) >= 11 is 3.42. The zero-order valence-corrected chi connectivity index (χ0v) is 10.1. The lowest BCUT2D eigenvalue weighted by Crippen LogP contribution is -1.98. The quantitative estimate of drug-likeness (QED) is 0.855. The second-order valence-corrected chi connectivity index (χ2v) is 4.39. The Morgan fingerprint density at radius 1 is 1.53 bits per heavy atom. The molecule has 0 aromatic heterocycles. The minimum atomic E-state index is -0.464. The lowest BCUT2D eigenvalue weighted by molar-refractivity contribution is 0.167. The number of methoxy groups -OCH3 is 1. The van der Waals surface area contributed by atoms with E-state index in [1.807, 2.05) is 12.1 Å². The van der Waals surface area contributed by atoms with E-state index < -0.39 is 6.10 Å². The van der Waals surface area contributed by atoms with Crippen LogP contribution in [0.15, 0.2) is 16.6 Å². The molecule has 82 valence electrons. The van der Waals surface area contributed by atoms with E-state index in [1.54, 1.807) is 7.11 Å². The highest BCUT2D eigenvalue weighted by molar-refractivity contribution is 9.10. The van der Waals surface area contributed by atoms with Crippen molar-refractivity contribution in [3.8, 4) is 11.5 Å². The van der Waals surface area contributed by atoms with Gasteiger partial charge in [0.15, 0.2) is 0 Å². The second-order valence-electron chi connectivity index (χ2n) is 3.53. The van der Waals surface area contributed by atoms with Gasteiger partial charge < -0.3 is 14.6 Å². The summed E-state index contributed by atoms with van der Waals surface area (Å²) in [4.78, 5) is 0. The first kappa shape index (κ1) is 10.8. The number of rotatable bonds is 1. The van der Waals surface area contributed by atoms with Crippen LogP contribution in [0.5, 0.6) is 11.5 Å². The van der Waals surface area contributed by atoms with Crippen LogP contribution in [0.1, 0.15) is 24.5 Å². The second kappa shape index (κ2) is 4.41. The van der Waals surface area contributed by atoms with Crippen molar-refractivity contribution < 1.29 is 14.6 Å². The summed E-state index contributed by atoms with van der Waals surface area (Å²) in [7, 11) is 1.61. The fourth-order valence-corrected chi connectivity index (χ4v) is 2.28. The maximum Gasteiger partial charge on any atom is 0.139 e. The summed E-state index contributed by atoms with van der Waals surface area (Å²) in [5, 5.41) is 9.93. The highest BCUT2D eigenvalue weighted by atomic mass is 79.9. The van der Waals surface area contributed by atoms with Crippen LogP contribution in [0.3, 0.4) is 0 Å². The molecule has 1 aliphatic heterocycles. The molecule has 0 unspecified atom stereocenters. The van der Waals surface area contributed by atoms with Gasteiger partial charge >= 0.3 is 0 Å². The van der Waals surface area contributed by atoms with Crippen molar-refractivity contribution in [2.24, 2.45) is 0 Å². The summed E-state index contributed by atoms with van der Waals surface area (Å²) in [6, 6.07) is 3.67. The SMILES string of the molecule is COc1cc(Br)c2c(c1)[C@@H](O)CCCO2. The van der Waals surface area contributed by atoms with Crippen molar-refractivity contribution >= 4 is 15.9 Å². The number of fused-ring (bicyclic) bond motifs is 1. The number of aliphatic hydroxyl groups is 1. The molecule has 0 bridgehead atoms. The maximum absolute atomic E-state index is 9.93. The Bertz CT molecular complexity index is 365. The van der Waals surface area contributed by atoms with Crippen LogP contribution < -0.4 is 9.47 Å². The van der Waals surface area contributed by atoms with Gasteiger partial charge in [-0.2, -0.15) is 0 Å². The molecule has 0 radical (unpaired) electrons. The Labute approximate surface area is 97.1 Å². The molecule has 0 amide bonds. The first-order chi connectivity index (χ1) is 7.22. The van der Waals surface area contributed by atoms with Crippen LogP contribution >= 0.6 is 15.9 Å². The van der Waals surface area contributed by atoms with Crippen molar-refractivity contribution in [1.82, 2.24) is 0 Å². The standard InChI is InChI=1S/C11H13BrO3/c1-14-7-5-8-10(13)3-2-4-15-11(8)9(12)6-7/h5-6,10,13H,2-4H2,1H3/t10-/m0/s1. The number of benzene rings is 1. The molecule has 0 fully saturated rings. The van der Waals surface area contributed by atoms with Crippen LogP contribution in [0, 0.1) is 0 Å². The number of aliphatic hydroxyl groups excluding tert-OH is 1. The molecule has 1 aliphatic rings. The molecule has 1 aromatic carbocycles. The molecule has 0 spiro atoms. The van der Waals surface area contributed by atoms with Crippen molar-refractivity contribution in [2.45, 2.75) is 18.9 Å². The van der Waals surface area contributed by atoms with Crippen LogP contribution in [0.25, 0.3) is 0 Å². The molecule has 1 heterocycles. The van der Waals surface area contributed by atoms with Crippen LogP contribution in [0.2, 0.25) is 0 Å². The predicted molar refractivity (Wildman–Crippen MR) is 60.4 cm³/mol. The third-order valence-corrected chi connectivity index (χ3v) is 3.10. The molecule has 15 heavy (non-hydrogen) atoms. The minimum Gasteiger partial charge on any atom is -0.497 e. The number of hydrogen-bond donors (Lipinski definition) is 1. The Morgan fingerprint density at radius 3 is 3.07 bits per heavy atom. The molecule has 0 saturated carbocycles. The molecule has 1 N–H and O–H groups in total. The number of halogens is 1. The lowest BCUT2D eigenvalue weighted by Gasteiger charge is -2.14. The van der Waals surface area contributed by atoms with Crippen molar-refractivity contribution in [3.63, 3.8) is 0 Å². The van der Waals surface area contributed by atoms with E-state index in [4.69, 9.17) is 9.47 Å². The minimum absolute atomic E-state index is 0.464. The van der Waals surface area contributed by atoms with Crippen molar-refractivity contribution in [2.75, 3.05) is 13.7 Å². The fourth-order valence-electron chi connectivity index (χ4n) is 1.71. The van der Waals surface area contributed by atoms with E-state index in [0.717, 1.165) is 34.4 Å². The Balaban J connectivity index is 2.50. The molecular formula is C11H13BrO3. The Hall–Kier alpha value is -0.740. The van der Waals surface area contributed by atoms with E-state index >= 15 is 0 Å². The third kappa shape index (κ3) is 2.11. The maximum atomic E-state index is 9.93. The van der Waals surface area contributed by atoms with Gasteiger partial charge in [0.25, 0.3) is 0 Å². The van der Waals surface area contributed by atoms with Gasteiger partial charge in [-0.15, -0.1) is 0 Å². The third-order valence-electron chi connectivity index (χ3n) is 2.51. The number of ether oxygens (including phenoxy) is 2. The monoisotopic (exact) mass is 272 g/mol. The van der Waals surface area contributed by atoms with Crippen LogP contribution in [0.4, 0.5) is 0 Å². The van der Waals surface area contributed by atoms with E-state index in [0.29, 0.717) is 6.61 Å². The van der Waals surface area contributed by atoms with Crippen LogP contribution in [-0.4, -0.2) is 18.8 Å². The van der Waals surface area contributed by atoms with Crippen LogP contribution in [-0.2, 0) is 0 Å². The zero-order valence-electron chi connectivity index (χ0n) is 8.50. The highest BCUT2D eigenvalue weighted by Gasteiger charge is 2.20. The van der Waals surface area contributed by atoms with Gasteiger partial charge in [0, 0.05) is 5.56 Å². The molecule has 4 heteroatoms. The van der Waals surface area contributed by atoms with E-state index in [-0.39, 0.29) is 0 Å². The van der Waals surface area contributed by atoms with E-state index in [1.165, 1.54) is 0 Å². The van der Waals surface area contributed by atoms with Gasteiger partial charge in [-0.25, -0.2) is 0 Å². The van der Waals surface area contributed by atoms with Gasteiger partial charge in [-0.05, 0) is 40.9 Å². The molecular weight excluding hydrogens is 260 g/mol. The molecule has 2 rings (SSSR count). The molecule has 0 saturated heterocycles. The lowest BCUT2D eigenvalue weighted by atomic mass is 10.0. The molecule has 1 atom stereocenters. The van der Waals surface area contributed by atoms with Crippen molar-refractivity contribution in [3.05, 3.63) is 22.2 Å². The van der Waals surface area contributed by atoms with Crippen molar-refractivity contribution in [1.29, 1.82) is 0 Å². The molecule has 3 nitrogen and oxygen atoms in total. The topological polar surface area (TPSA) is 38.7 Å². The van der Waals surface area contributed by atoms with Gasteiger partial charge in [-0.1, -0.05) is 0 Å². The smallest absolute Gasteiger partial charge is 0.139 e. The molecule has 1 aromatic rings. The summed E-state index contributed by atoms with van der Waals surface area (Å²) in [6.07, 6.45) is 1.13. The van der Waals surface area contributed by atoms with E-state index in [2.05, 4.69) is 15.9 Å². The highest BCUT2D eigenvalue weighted by Crippen LogP contribution is 2.40. The van der Waals surface area contributed by atoms with Gasteiger partial charge in [0.2, 0.25) is 0 Å². The fraction of sp³-hybridized carbons (Fsp3) is 0.455. The first-order valence-electron chi connectivity index (χ1n) is 4.90. The molecule has 0 aliphatic carbocycles. The average molecular weight is 273 g/mol. The van der Waals surface area contributed by atoms with Gasteiger partial charge in [0.1, 0.15) is 11.5 Å². The summed E-state index contributed by atoms with van der Waals surface area (Å²) in [5.74, 6) is 1.46. The van der Waals surface area contributed by atoms with Gasteiger partial charge in [-0.3, -0.25) is 0 Å². The summed E-state index contributed by atoms with van der Waals surface area (Å²) in [6.45, 7) is 0.648. The summed E-state index contributed by atoms with van der Waals surface area (Å²) < 4.78 is 11.6. The predicted octanol–water partition coefficient (Wildman–Crippen LogP) is 2.66. The normalized spacial score (nSPS) is 20.1. The van der Waals surface area contributed by atoms with Gasteiger partial charge in [0.05, 0.1) is 24.3 Å². The largest absolute Gasteiger partial charge is 0.497 e. The Kier molecular flexibility index (Phi) is 3.17. The summed E-state index contributed by atoms with van der Waals surface area (Å²) in [5.41, 5.74) is 0.804. The first-order valence-corrected chi connectivity index (χ1v) is 5.70. The number of hydrogen-bond acceptors (Lipinski definition) is 3. The average Bonchev–Trinajstić information content (AvgIpc) is 2.41. The Morgan fingerprint density at radius 2 is 2.33 bits per heavy atom. The van der Waals surface area contributed by atoms with E-state index in [9.17, 15) is 5.11 Å².